The Labute approximate surface area is 142 Å². The van der Waals surface area contributed by atoms with E-state index < -0.39 is 0 Å². The third-order valence-corrected chi connectivity index (χ3v) is 4.19. The number of fused-ring (bicyclic) bond motifs is 1. The number of H-pyrrole nitrogens is 1. The lowest BCUT2D eigenvalue weighted by Crippen LogP contribution is -2.15. The molecule has 0 aliphatic rings. The number of carbonyl (C=O) groups is 1. The topological polar surface area (TPSA) is 44.9 Å². The summed E-state index contributed by atoms with van der Waals surface area (Å²) in [4.78, 5) is 15.5. The van der Waals surface area contributed by atoms with Gasteiger partial charge < -0.3 is 10.3 Å². The molecule has 0 aliphatic heterocycles. The van der Waals surface area contributed by atoms with E-state index >= 15 is 0 Å². The van der Waals surface area contributed by atoms with Crippen molar-refractivity contribution in [2.75, 3.05) is 5.32 Å². The van der Waals surface area contributed by atoms with E-state index in [0.717, 1.165) is 16.8 Å². The molecule has 1 aromatic heterocycles. The van der Waals surface area contributed by atoms with Crippen LogP contribution in [0.2, 0.25) is 10.0 Å². The molecule has 3 rings (SSSR count). The molecule has 118 valence electrons. The zero-order valence-electron chi connectivity index (χ0n) is 12.2. The molecule has 23 heavy (non-hydrogen) atoms. The summed E-state index contributed by atoms with van der Waals surface area (Å²) in [6.45, 7) is 1.85. The van der Waals surface area contributed by atoms with Crippen molar-refractivity contribution in [3.8, 4) is 0 Å². The minimum atomic E-state index is -0.337. The van der Waals surface area contributed by atoms with Gasteiger partial charge in [0.05, 0.1) is 17.1 Å². The Bertz CT molecular complexity index is 905. The van der Waals surface area contributed by atoms with E-state index in [1.54, 1.807) is 24.3 Å². The van der Waals surface area contributed by atoms with Crippen LogP contribution in [-0.4, -0.2) is 10.9 Å². The molecule has 1 amide bonds. The van der Waals surface area contributed by atoms with E-state index in [-0.39, 0.29) is 18.1 Å². The van der Waals surface area contributed by atoms with Gasteiger partial charge in [-0.2, -0.15) is 0 Å². The first-order valence-electron chi connectivity index (χ1n) is 6.95. The van der Waals surface area contributed by atoms with Crippen molar-refractivity contribution in [2.45, 2.75) is 13.3 Å². The quantitative estimate of drug-likeness (QED) is 0.677. The zero-order chi connectivity index (χ0) is 16.6. The smallest absolute Gasteiger partial charge is 0.228 e. The molecule has 6 heteroatoms. The number of hydrogen-bond acceptors (Lipinski definition) is 1. The lowest BCUT2D eigenvalue weighted by Gasteiger charge is -2.08. The number of nitrogens with one attached hydrogen (secondary N) is 2. The third kappa shape index (κ3) is 3.33. The van der Waals surface area contributed by atoms with Crippen LogP contribution < -0.4 is 5.32 Å². The lowest BCUT2D eigenvalue weighted by molar-refractivity contribution is -0.115. The summed E-state index contributed by atoms with van der Waals surface area (Å²) in [5, 5.41) is 4.32. The number of carbonyl (C=O) groups excluding carboxylic acids is 1. The summed E-state index contributed by atoms with van der Waals surface area (Å²) in [5.41, 5.74) is 2.84. The Balaban J connectivity index is 1.87. The first-order chi connectivity index (χ1) is 10.9. The molecule has 2 N–H and O–H groups in total. The van der Waals surface area contributed by atoms with Crippen LogP contribution >= 0.6 is 23.2 Å². The fourth-order valence-corrected chi connectivity index (χ4v) is 2.87. The summed E-state index contributed by atoms with van der Waals surface area (Å²) in [6, 6.07) is 9.32. The van der Waals surface area contributed by atoms with Crippen LogP contribution in [0.3, 0.4) is 0 Å². The first-order valence-corrected chi connectivity index (χ1v) is 7.71. The maximum absolute atomic E-state index is 13.5. The average molecular weight is 351 g/mol. The number of halogens is 3. The number of aryl methyl sites for hydroxylation is 1. The third-order valence-electron chi connectivity index (χ3n) is 3.62. The molecule has 0 fully saturated rings. The molecule has 3 nitrogen and oxygen atoms in total. The van der Waals surface area contributed by atoms with Gasteiger partial charge in [-0.1, -0.05) is 23.2 Å². The minimum absolute atomic E-state index is 0.109. The Morgan fingerprint density at radius 2 is 2.00 bits per heavy atom. The Kier molecular flexibility index (Phi) is 4.28. The second-order valence-corrected chi connectivity index (χ2v) is 6.11. The van der Waals surface area contributed by atoms with Gasteiger partial charge in [-0.25, -0.2) is 4.39 Å². The van der Waals surface area contributed by atoms with Crippen molar-refractivity contribution >= 4 is 45.7 Å². The van der Waals surface area contributed by atoms with Gasteiger partial charge in [0.25, 0.3) is 0 Å². The van der Waals surface area contributed by atoms with Gasteiger partial charge in [-0.05, 0) is 48.9 Å². The fourth-order valence-electron chi connectivity index (χ4n) is 2.53. The number of aromatic amines is 1. The van der Waals surface area contributed by atoms with Crippen LogP contribution in [0.5, 0.6) is 0 Å². The van der Waals surface area contributed by atoms with Gasteiger partial charge >= 0.3 is 0 Å². The zero-order valence-corrected chi connectivity index (χ0v) is 13.7. The highest BCUT2D eigenvalue weighted by atomic mass is 35.5. The SMILES string of the molecule is Cc1[nH]c2ccc(F)cc2c1CC(=O)Nc1cc(Cl)ccc1Cl. The van der Waals surface area contributed by atoms with E-state index in [4.69, 9.17) is 23.2 Å². The summed E-state index contributed by atoms with van der Waals surface area (Å²) in [6.07, 6.45) is 0.109. The molecule has 0 atom stereocenters. The average Bonchev–Trinajstić information content (AvgIpc) is 2.79. The second kappa shape index (κ2) is 6.22. The maximum atomic E-state index is 13.5. The molecule has 2 aromatic carbocycles. The predicted molar refractivity (Wildman–Crippen MR) is 91.8 cm³/mol. The van der Waals surface area contributed by atoms with Crippen molar-refractivity contribution < 1.29 is 9.18 Å². The van der Waals surface area contributed by atoms with E-state index in [9.17, 15) is 9.18 Å². The van der Waals surface area contributed by atoms with Crippen LogP contribution in [0, 0.1) is 12.7 Å². The number of amides is 1. The summed E-state index contributed by atoms with van der Waals surface area (Å²) < 4.78 is 13.5. The molecule has 0 radical (unpaired) electrons. The highest BCUT2D eigenvalue weighted by Gasteiger charge is 2.14. The van der Waals surface area contributed by atoms with Crippen LogP contribution in [0.4, 0.5) is 10.1 Å². The Morgan fingerprint density at radius 3 is 2.78 bits per heavy atom. The summed E-state index contributed by atoms with van der Waals surface area (Å²) >= 11 is 11.9. The molecule has 0 spiro atoms. The molecular formula is C17H13Cl2FN2O. The van der Waals surface area contributed by atoms with Crippen molar-refractivity contribution in [3.05, 3.63) is 63.5 Å². The highest BCUT2D eigenvalue weighted by molar-refractivity contribution is 6.35. The molecular weight excluding hydrogens is 338 g/mol. The fraction of sp³-hybridized carbons (Fsp3) is 0.118. The van der Waals surface area contributed by atoms with Gasteiger partial charge in [-0.3, -0.25) is 4.79 Å². The van der Waals surface area contributed by atoms with Gasteiger partial charge in [0, 0.05) is 21.6 Å². The lowest BCUT2D eigenvalue weighted by atomic mass is 10.1. The van der Waals surface area contributed by atoms with E-state index in [2.05, 4.69) is 10.3 Å². The van der Waals surface area contributed by atoms with E-state index in [1.807, 2.05) is 6.92 Å². The minimum Gasteiger partial charge on any atom is -0.358 e. The van der Waals surface area contributed by atoms with Crippen LogP contribution in [-0.2, 0) is 11.2 Å². The maximum Gasteiger partial charge on any atom is 0.228 e. The first kappa shape index (κ1) is 15.8. The number of aromatic nitrogens is 1. The predicted octanol–water partition coefficient (Wildman–Crippen LogP) is 5.10. The summed E-state index contributed by atoms with van der Waals surface area (Å²) in [5.74, 6) is -0.585. The normalized spacial score (nSPS) is 11.0. The molecule has 0 saturated carbocycles. The second-order valence-electron chi connectivity index (χ2n) is 5.27. The Hall–Kier alpha value is -2.04. The molecule has 0 unspecified atom stereocenters. The van der Waals surface area contributed by atoms with Crippen LogP contribution in [0.15, 0.2) is 36.4 Å². The number of anilines is 1. The van der Waals surface area contributed by atoms with Gasteiger partial charge in [0.1, 0.15) is 5.82 Å². The largest absolute Gasteiger partial charge is 0.358 e. The van der Waals surface area contributed by atoms with E-state index in [0.29, 0.717) is 21.1 Å². The summed E-state index contributed by atoms with van der Waals surface area (Å²) in [7, 11) is 0. The van der Waals surface area contributed by atoms with Crippen molar-refractivity contribution in [1.82, 2.24) is 4.98 Å². The highest BCUT2D eigenvalue weighted by Crippen LogP contribution is 2.27. The Morgan fingerprint density at radius 1 is 1.22 bits per heavy atom. The standard InChI is InChI=1S/C17H13Cl2FN2O/c1-9-12(13-7-11(20)3-5-15(13)21-9)8-17(23)22-16-6-10(18)2-4-14(16)19/h2-7,21H,8H2,1H3,(H,22,23). The van der Waals surface area contributed by atoms with Gasteiger partial charge in [0.2, 0.25) is 5.91 Å². The van der Waals surface area contributed by atoms with E-state index in [1.165, 1.54) is 12.1 Å². The molecule has 0 bridgehead atoms. The van der Waals surface area contributed by atoms with Crippen molar-refractivity contribution in [3.63, 3.8) is 0 Å². The number of hydrogen-bond donors (Lipinski definition) is 2. The van der Waals surface area contributed by atoms with Crippen molar-refractivity contribution in [2.24, 2.45) is 0 Å². The van der Waals surface area contributed by atoms with Crippen LogP contribution in [0.1, 0.15) is 11.3 Å². The van der Waals surface area contributed by atoms with Crippen molar-refractivity contribution in [1.29, 1.82) is 0 Å². The molecule has 3 aromatic rings. The van der Waals surface area contributed by atoms with Gasteiger partial charge in [-0.15, -0.1) is 0 Å². The molecule has 0 saturated heterocycles. The molecule has 0 aliphatic carbocycles. The van der Waals surface area contributed by atoms with Crippen LogP contribution in [0.25, 0.3) is 10.9 Å². The molecule has 1 heterocycles. The monoisotopic (exact) mass is 350 g/mol. The number of benzene rings is 2. The van der Waals surface area contributed by atoms with Gasteiger partial charge in [0.15, 0.2) is 0 Å². The number of rotatable bonds is 3.